The number of imidazole rings is 1. The van der Waals surface area contributed by atoms with E-state index in [1.165, 1.54) is 43.5 Å². The van der Waals surface area contributed by atoms with E-state index in [4.69, 9.17) is 0 Å². The molecule has 1 aliphatic carbocycles. The lowest BCUT2D eigenvalue weighted by Gasteiger charge is -2.46. The van der Waals surface area contributed by atoms with E-state index in [-0.39, 0.29) is 11.2 Å². The van der Waals surface area contributed by atoms with E-state index in [2.05, 4.69) is 29.1 Å². The topological polar surface area (TPSA) is 17.8 Å². The van der Waals surface area contributed by atoms with Gasteiger partial charge in [0.2, 0.25) is 0 Å². The minimum atomic E-state index is -0.208. The first kappa shape index (κ1) is 16.3. The fourth-order valence-corrected chi connectivity index (χ4v) is 4.67. The number of hydrogen-bond donors (Lipinski definition) is 0. The number of aromatic nitrogens is 2. The quantitative estimate of drug-likeness (QED) is 0.640. The molecule has 0 N–H and O–H groups in total. The highest BCUT2D eigenvalue weighted by molar-refractivity contribution is 5.72. The van der Waals surface area contributed by atoms with Crippen LogP contribution in [-0.4, -0.2) is 9.55 Å². The maximum Gasteiger partial charge on any atom is 0.123 e. The maximum absolute atomic E-state index is 13.2. The molecule has 2 atom stereocenters. The predicted octanol–water partition coefficient (Wildman–Crippen LogP) is 5.86. The van der Waals surface area contributed by atoms with Gasteiger partial charge in [-0.15, -0.1) is 6.58 Å². The molecule has 25 heavy (non-hydrogen) atoms. The van der Waals surface area contributed by atoms with E-state index in [0.717, 1.165) is 24.2 Å². The Morgan fingerprint density at radius 1 is 1.36 bits per heavy atom. The molecule has 1 saturated carbocycles. The summed E-state index contributed by atoms with van der Waals surface area (Å²) in [6.07, 6.45) is 12.4. The molecule has 1 aliphatic heterocycles. The minimum Gasteiger partial charge on any atom is -0.330 e. The number of fused-ring (bicyclic) bond motifs is 2. The van der Waals surface area contributed by atoms with Crippen molar-refractivity contribution in [3.63, 3.8) is 0 Å². The number of allylic oxidation sites excluding steroid dienone is 2. The van der Waals surface area contributed by atoms with Gasteiger partial charge in [-0.05, 0) is 68.4 Å². The Morgan fingerprint density at radius 2 is 2.16 bits per heavy atom. The Hall–Kier alpha value is -2.16. The van der Waals surface area contributed by atoms with Crippen LogP contribution < -0.4 is 0 Å². The van der Waals surface area contributed by atoms with Crippen LogP contribution in [0.15, 0.2) is 48.8 Å². The van der Waals surface area contributed by atoms with Gasteiger partial charge in [0.15, 0.2) is 0 Å². The van der Waals surface area contributed by atoms with Gasteiger partial charge in [0, 0.05) is 17.5 Å². The molecule has 2 aliphatic rings. The van der Waals surface area contributed by atoms with Crippen molar-refractivity contribution in [1.29, 1.82) is 0 Å². The van der Waals surface area contributed by atoms with Crippen LogP contribution in [-0.2, 0) is 6.54 Å². The van der Waals surface area contributed by atoms with Gasteiger partial charge < -0.3 is 4.57 Å². The third-order valence-electron chi connectivity index (χ3n) is 6.16. The molecule has 1 aromatic heterocycles. The molecular formula is C22H25FN2. The zero-order chi connectivity index (χ0) is 17.4. The van der Waals surface area contributed by atoms with Crippen LogP contribution in [0, 0.1) is 17.2 Å². The fraction of sp³-hybridized carbons (Fsp3) is 0.409. The van der Waals surface area contributed by atoms with Crippen LogP contribution in [0.25, 0.3) is 17.3 Å². The Labute approximate surface area is 149 Å². The van der Waals surface area contributed by atoms with Crippen molar-refractivity contribution in [1.82, 2.24) is 9.55 Å². The molecule has 2 nitrogen and oxygen atoms in total. The van der Waals surface area contributed by atoms with Crippen LogP contribution in [0.5, 0.6) is 0 Å². The molecule has 0 saturated heterocycles. The lowest BCUT2D eigenvalue weighted by atomic mass is 9.61. The molecule has 0 unspecified atom stereocenters. The van der Waals surface area contributed by atoms with Gasteiger partial charge in [0.05, 0.1) is 17.7 Å². The summed E-state index contributed by atoms with van der Waals surface area (Å²) in [6.45, 7) is 7.31. The number of nitrogens with zero attached hydrogens (tertiary/aromatic N) is 2. The molecule has 0 radical (unpaired) electrons. The van der Waals surface area contributed by atoms with E-state index in [9.17, 15) is 4.39 Å². The predicted molar refractivity (Wildman–Crippen MR) is 100 cm³/mol. The zero-order valence-electron chi connectivity index (χ0n) is 14.8. The number of benzene rings is 1. The molecule has 4 rings (SSSR count). The van der Waals surface area contributed by atoms with Crippen molar-refractivity contribution in [3.05, 3.63) is 60.3 Å². The summed E-state index contributed by atoms with van der Waals surface area (Å²) in [6, 6.07) is 6.65. The van der Waals surface area contributed by atoms with Crippen LogP contribution in [0.3, 0.4) is 0 Å². The molecule has 130 valence electrons. The molecular weight excluding hydrogens is 311 g/mol. The van der Waals surface area contributed by atoms with Gasteiger partial charge in [-0.25, -0.2) is 9.37 Å². The molecule has 3 heteroatoms. The number of halogens is 1. The van der Waals surface area contributed by atoms with E-state index in [1.54, 1.807) is 5.57 Å². The lowest BCUT2D eigenvalue weighted by molar-refractivity contribution is 0.144. The Balaban J connectivity index is 1.72. The van der Waals surface area contributed by atoms with Crippen LogP contribution in [0.1, 0.15) is 44.7 Å². The first-order valence-electron chi connectivity index (χ1n) is 9.25. The van der Waals surface area contributed by atoms with E-state index in [0.29, 0.717) is 5.92 Å². The standard InChI is InChI=1S/C22H25FN2/c1-3-4-6-17-7-5-8-18-13-20-21(16-9-11-19(23)12-10-16)24-15-25(20)14-22(17,18)2/h3,9-13,15,17H,1,4-8,14H2,2H3/t17-,22+/m0/s1. The van der Waals surface area contributed by atoms with E-state index in [1.807, 2.05) is 24.5 Å². The van der Waals surface area contributed by atoms with Gasteiger partial charge in [0.1, 0.15) is 5.82 Å². The van der Waals surface area contributed by atoms with Crippen LogP contribution in [0.4, 0.5) is 4.39 Å². The van der Waals surface area contributed by atoms with Crippen molar-refractivity contribution in [2.24, 2.45) is 11.3 Å². The summed E-state index contributed by atoms with van der Waals surface area (Å²) < 4.78 is 15.5. The van der Waals surface area contributed by atoms with Gasteiger partial charge >= 0.3 is 0 Å². The smallest absolute Gasteiger partial charge is 0.123 e. The van der Waals surface area contributed by atoms with Gasteiger partial charge in [0.25, 0.3) is 0 Å². The summed E-state index contributed by atoms with van der Waals surface area (Å²) in [5.74, 6) is 0.496. The van der Waals surface area contributed by atoms with Crippen molar-refractivity contribution < 1.29 is 4.39 Å². The third kappa shape index (κ3) is 2.76. The normalized spacial score (nSPS) is 25.0. The lowest BCUT2D eigenvalue weighted by Crippen LogP contribution is -2.39. The Morgan fingerprint density at radius 3 is 2.92 bits per heavy atom. The first-order chi connectivity index (χ1) is 12.1. The number of rotatable bonds is 4. The maximum atomic E-state index is 13.2. The van der Waals surface area contributed by atoms with E-state index >= 15 is 0 Å². The summed E-state index contributed by atoms with van der Waals surface area (Å²) in [4.78, 5) is 4.65. The summed E-state index contributed by atoms with van der Waals surface area (Å²) in [5.41, 5.74) is 4.89. The molecule has 0 amide bonds. The summed E-state index contributed by atoms with van der Waals surface area (Å²) >= 11 is 0. The molecule has 2 aromatic rings. The van der Waals surface area contributed by atoms with Gasteiger partial charge in [-0.3, -0.25) is 0 Å². The SMILES string of the molecule is C=CCC[C@H]1CCCC2=Cc3c(-c4ccc(F)cc4)ncn3C[C@@]21C. The molecule has 0 spiro atoms. The first-order valence-corrected chi connectivity index (χ1v) is 9.25. The highest BCUT2D eigenvalue weighted by atomic mass is 19.1. The Bertz CT molecular complexity index is 815. The van der Waals surface area contributed by atoms with Gasteiger partial charge in [-0.2, -0.15) is 0 Å². The zero-order valence-corrected chi connectivity index (χ0v) is 14.8. The highest BCUT2D eigenvalue weighted by Crippen LogP contribution is 2.51. The monoisotopic (exact) mass is 336 g/mol. The molecule has 1 aromatic carbocycles. The van der Waals surface area contributed by atoms with Gasteiger partial charge in [-0.1, -0.05) is 18.6 Å². The fourth-order valence-electron chi connectivity index (χ4n) is 4.67. The van der Waals surface area contributed by atoms with Crippen molar-refractivity contribution >= 4 is 6.08 Å². The second-order valence-electron chi connectivity index (χ2n) is 7.66. The van der Waals surface area contributed by atoms with E-state index < -0.39 is 0 Å². The molecule has 0 bridgehead atoms. The molecule has 2 heterocycles. The van der Waals surface area contributed by atoms with Crippen molar-refractivity contribution in [2.75, 3.05) is 0 Å². The minimum absolute atomic E-state index is 0.208. The third-order valence-corrected chi connectivity index (χ3v) is 6.16. The van der Waals surface area contributed by atoms with Crippen LogP contribution >= 0.6 is 0 Å². The Kier molecular flexibility index (Phi) is 4.10. The largest absolute Gasteiger partial charge is 0.330 e. The van der Waals surface area contributed by atoms with Crippen LogP contribution in [0.2, 0.25) is 0 Å². The average Bonchev–Trinajstić information content (AvgIpc) is 3.00. The summed E-state index contributed by atoms with van der Waals surface area (Å²) in [7, 11) is 0. The second-order valence-corrected chi connectivity index (χ2v) is 7.66. The number of hydrogen-bond acceptors (Lipinski definition) is 1. The highest BCUT2D eigenvalue weighted by Gasteiger charge is 2.42. The molecule has 1 fully saturated rings. The van der Waals surface area contributed by atoms with Crippen molar-refractivity contribution in [3.8, 4) is 11.3 Å². The second kappa shape index (κ2) is 6.29. The average molecular weight is 336 g/mol. The summed E-state index contributed by atoms with van der Waals surface area (Å²) in [5, 5.41) is 0. The van der Waals surface area contributed by atoms with Crippen molar-refractivity contribution in [2.45, 2.75) is 45.6 Å².